The Morgan fingerprint density at radius 1 is 1.22 bits per heavy atom. The summed E-state index contributed by atoms with van der Waals surface area (Å²) in [6.45, 7) is 0. The lowest BCUT2D eigenvalue weighted by atomic mass is 9.84. The Hall–Kier alpha value is -1.25. The van der Waals surface area contributed by atoms with E-state index in [2.05, 4.69) is 0 Å². The highest BCUT2D eigenvalue weighted by Gasteiger charge is 2.22. The maximum Gasteiger partial charge on any atom is 0.309 e. The first-order valence-electron chi connectivity index (χ1n) is 8.10. The van der Waals surface area contributed by atoms with Gasteiger partial charge in [0.05, 0.1) is 11.8 Å². The van der Waals surface area contributed by atoms with Crippen LogP contribution < -0.4 is 4.18 Å². The Bertz CT molecular complexity index is 661. The number of nitriles is 1. The van der Waals surface area contributed by atoms with Crippen LogP contribution in [0.25, 0.3) is 0 Å². The molecule has 0 aliphatic heterocycles. The molecule has 23 heavy (non-hydrogen) atoms. The minimum absolute atomic E-state index is 0.0680. The molecule has 4 nitrogen and oxygen atoms in total. The minimum Gasteiger partial charge on any atom is -0.382 e. The molecule has 1 aliphatic carbocycles. The van der Waals surface area contributed by atoms with Crippen LogP contribution in [0, 0.1) is 11.3 Å². The maximum atomic E-state index is 12.1. The monoisotopic (exact) mass is 355 g/mol. The molecule has 1 aromatic rings. The van der Waals surface area contributed by atoms with E-state index in [1.54, 1.807) is 12.1 Å². The van der Waals surface area contributed by atoms with E-state index in [-0.39, 0.29) is 5.75 Å². The number of unbranched alkanes of at least 4 members (excludes halogenated alkanes) is 2. The number of rotatable bonds is 7. The molecule has 0 N–H and O–H groups in total. The van der Waals surface area contributed by atoms with Crippen molar-refractivity contribution in [1.82, 2.24) is 0 Å². The molecule has 0 bridgehead atoms. The highest BCUT2D eigenvalue weighted by atomic mass is 35.5. The molecule has 2 rings (SSSR count). The van der Waals surface area contributed by atoms with Crippen LogP contribution in [-0.2, 0) is 10.1 Å². The average molecular weight is 356 g/mol. The molecule has 126 valence electrons. The van der Waals surface area contributed by atoms with Crippen LogP contribution >= 0.6 is 11.6 Å². The molecule has 1 saturated carbocycles. The molecule has 0 unspecified atom stereocenters. The molecule has 0 heterocycles. The van der Waals surface area contributed by atoms with Crippen molar-refractivity contribution in [3.05, 3.63) is 28.8 Å². The molecule has 0 amide bonds. The second-order valence-corrected chi connectivity index (χ2v) is 8.10. The van der Waals surface area contributed by atoms with Crippen LogP contribution in [-0.4, -0.2) is 14.2 Å². The average Bonchev–Trinajstić information content (AvgIpc) is 2.54. The van der Waals surface area contributed by atoms with Crippen molar-refractivity contribution < 1.29 is 12.6 Å². The minimum atomic E-state index is -3.64. The number of hydrogen-bond acceptors (Lipinski definition) is 4. The van der Waals surface area contributed by atoms with Crippen molar-refractivity contribution in [3.8, 4) is 11.8 Å². The van der Waals surface area contributed by atoms with Crippen LogP contribution in [0.4, 0.5) is 0 Å². The van der Waals surface area contributed by atoms with Crippen molar-refractivity contribution in [3.63, 3.8) is 0 Å². The van der Waals surface area contributed by atoms with Crippen LogP contribution in [0.15, 0.2) is 18.2 Å². The van der Waals surface area contributed by atoms with Gasteiger partial charge in [0, 0.05) is 17.0 Å². The topological polar surface area (TPSA) is 67.2 Å². The van der Waals surface area contributed by atoms with Gasteiger partial charge in [-0.15, -0.1) is 0 Å². The zero-order valence-corrected chi connectivity index (χ0v) is 14.7. The molecule has 1 fully saturated rings. The molecule has 0 radical (unpaired) electrons. The smallest absolute Gasteiger partial charge is 0.309 e. The Balaban J connectivity index is 2.11. The van der Waals surface area contributed by atoms with Gasteiger partial charge in [-0.2, -0.15) is 13.7 Å². The summed E-state index contributed by atoms with van der Waals surface area (Å²) >= 11 is 6.09. The predicted octanol–water partition coefficient (Wildman–Crippen LogP) is 4.79. The second-order valence-electron chi connectivity index (χ2n) is 5.98. The fourth-order valence-electron chi connectivity index (χ4n) is 2.99. The predicted molar refractivity (Wildman–Crippen MR) is 91.2 cm³/mol. The van der Waals surface area contributed by atoms with E-state index in [1.807, 2.05) is 12.1 Å². The van der Waals surface area contributed by atoms with Crippen LogP contribution in [0.2, 0.25) is 5.02 Å². The van der Waals surface area contributed by atoms with E-state index in [0.717, 1.165) is 31.2 Å². The Labute approximate surface area is 143 Å². The fourth-order valence-corrected chi connectivity index (χ4v) is 4.24. The van der Waals surface area contributed by atoms with Crippen molar-refractivity contribution in [2.75, 3.05) is 5.75 Å². The lowest BCUT2D eigenvalue weighted by Gasteiger charge is -2.24. The first-order valence-corrected chi connectivity index (χ1v) is 10.1. The summed E-state index contributed by atoms with van der Waals surface area (Å²) in [5.41, 5.74) is 0.901. The molecule has 0 saturated heterocycles. The van der Waals surface area contributed by atoms with Gasteiger partial charge in [0.2, 0.25) is 0 Å². The van der Waals surface area contributed by atoms with E-state index >= 15 is 0 Å². The van der Waals surface area contributed by atoms with Gasteiger partial charge in [-0.3, -0.25) is 0 Å². The molecular weight excluding hydrogens is 334 g/mol. The maximum absolute atomic E-state index is 12.1. The van der Waals surface area contributed by atoms with Gasteiger partial charge < -0.3 is 4.18 Å². The van der Waals surface area contributed by atoms with Crippen molar-refractivity contribution >= 4 is 21.7 Å². The van der Waals surface area contributed by atoms with Crippen molar-refractivity contribution in [2.45, 2.75) is 57.3 Å². The molecule has 1 aromatic carbocycles. The zero-order valence-electron chi connectivity index (χ0n) is 13.1. The highest BCUT2D eigenvalue weighted by molar-refractivity contribution is 7.87. The molecule has 6 heteroatoms. The largest absolute Gasteiger partial charge is 0.382 e. The summed E-state index contributed by atoms with van der Waals surface area (Å²) < 4.78 is 29.6. The standard InChI is InChI=1S/C17H22ClNO3S/c18-15-9-10-17(16(13-15)14-7-3-1-4-8-14)22-23(20,21)12-6-2-5-11-19/h9-10,13-14H,1-8,12H2. The third-order valence-corrected chi connectivity index (χ3v) is 5.62. The lowest BCUT2D eigenvalue weighted by Crippen LogP contribution is -2.16. The number of halogens is 1. The summed E-state index contributed by atoms with van der Waals surface area (Å²) in [5, 5.41) is 9.10. The molecule has 0 spiro atoms. The Kier molecular flexibility index (Phi) is 6.73. The summed E-state index contributed by atoms with van der Waals surface area (Å²) in [7, 11) is -3.64. The van der Waals surface area contributed by atoms with E-state index in [9.17, 15) is 8.42 Å². The van der Waals surface area contributed by atoms with Crippen molar-refractivity contribution in [2.24, 2.45) is 0 Å². The van der Waals surface area contributed by atoms with Crippen molar-refractivity contribution in [1.29, 1.82) is 5.26 Å². The molecule has 1 aliphatic rings. The van der Waals surface area contributed by atoms with E-state index in [1.165, 1.54) is 6.42 Å². The van der Waals surface area contributed by atoms with Crippen LogP contribution in [0.3, 0.4) is 0 Å². The normalized spacial score (nSPS) is 16.0. The molecule has 0 aromatic heterocycles. The first-order chi connectivity index (χ1) is 11.0. The molecular formula is C17H22ClNO3S. The van der Waals surface area contributed by atoms with Crippen LogP contribution in [0.5, 0.6) is 5.75 Å². The third-order valence-electron chi connectivity index (χ3n) is 4.17. The lowest BCUT2D eigenvalue weighted by molar-refractivity contribution is 0.428. The van der Waals surface area contributed by atoms with Gasteiger partial charge >= 0.3 is 10.1 Å². The summed E-state index contributed by atoms with van der Waals surface area (Å²) in [6.07, 6.45) is 6.97. The van der Waals surface area contributed by atoms with Gasteiger partial charge in [0.25, 0.3) is 0 Å². The highest BCUT2D eigenvalue weighted by Crippen LogP contribution is 2.39. The van der Waals surface area contributed by atoms with Crippen LogP contribution in [0.1, 0.15) is 62.8 Å². The van der Waals surface area contributed by atoms with Gasteiger partial charge in [-0.1, -0.05) is 30.9 Å². The van der Waals surface area contributed by atoms with Gasteiger partial charge in [0.15, 0.2) is 0 Å². The van der Waals surface area contributed by atoms with Gasteiger partial charge in [-0.05, 0) is 49.8 Å². The second kappa shape index (κ2) is 8.56. The summed E-state index contributed by atoms with van der Waals surface area (Å²) in [6, 6.07) is 7.16. The first kappa shape index (κ1) is 18.1. The Morgan fingerprint density at radius 2 is 1.96 bits per heavy atom. The third kappa shape index (κ3) is 5.71. The van der Waals surface area contributed by atoms with E-state index < -0.39 is 10.1 Å². The molecule has 0 atom stereocenters. The number of hydrogen-bond donors (Lipinski definition) is 0. The van der Waals surface area contributed by atoms with Gasteiger partial charge in [-0.25, -0.2) is 0 Å². The number of benzene rings is 1. The summed E-state index contributed by atoms with van der Waals surface area (Å²) in [5.74, 6) is 0.648. The zero-order chi connectivity index (χ0) is 16.7. The summed E-state index contributed by atoms with van der Waals surface area (Å²) in [4.78, 5) is 0. The quantitative estimate of drug-likeness (QED) is 0.521. The fraction of sp³-hybridized carbons (Fsp3) is 0.588. The Morgan fingerprint density at radius 3 is 2.65 bits per heavy atom. The van der Waals surface area contributed by atoms with E-state index in [0.29, 0.717) is 36.0 Å². The van der Waals surface area contributed by atoms with Gasteiger partial charge in [0.1, 0.15) is 5.75 Å². The SMILES string of the molecule is N#CCCCCS(=O)(=O)Oc1ccc(Cl)cc1C1CCCCC1. The van der Waals surface area contributed by atoms with E-state index in [4.69, 9.17) is 21.0 Å². The number of nitrogens with zero attached hydrogens (tertiary/aromatic N) is 1.